The summed E-state index contributed by atoms with van der Waals surface area (Å²) < 4.78 is 0. The van der Waals surface area contributed by atoms with E-state index in [1.165, 1.54) is 12.8 Å². The van der Waals surface area contributed by atoms with Crippen molar-refractivity contribution in [1.29, 1.82) is 0 Å². The van der Waals surface area contributed by atoms with Gasteiger partial charge in [-0.05, 0) is 38.1 Å². The van der Waals surface area contributed by atoms with Crippen molar-refractivity contribution in [3.63, 3.8) is 0 Å². The Bertz CT molecular complexity index is 634. The highest BCUT2D eigenvalue weighted by Gasteiger charge is 2.26. The molecule has 1 aromatic heterocycles. The van der Waals surface area contributed by atoms with Crippen molar-refractivity contribution >= 4 is 16.8 Å². The standard InChI is InChI=1S/C17H23N3O/c1-3-20-11-5-7-14(20)12-19(2)17(21)15-8-4-6-13-9-10-18-16(13)15/h4,6,8-10,14,18H,3,5,7,11-12H2,1-2H3. The summed E-state index contributed by atoms with van der Waals surface area (Å²) >= 11 is 0. The van der Waals surface area contributed by atoms with Gasteiger partial charge in [0.25, 0.3) is 5.91 Å². The highest BCUT2D eigenvalue weighted by atomic mass is 16.2. The summed E-state index contributed by atoms with van der Waals surface area (Å²) in [5, 5.41) is 1.09. The lowest BCUT2D eigenvalue weighted by Crippen LogP contribution is -2.41. The van der Waals surface area contributed by atoms with E-state index < -0.39 is 0 Å². The number of nitrogens with zero attached hydrogens (tertiary/aromatic N) is 2. The Balaban J connectivity index is 1.77. The van der Waals surface area contributed by atoms with Gasteiger partial charge in [0.1, 0.15) is 0 Å². The minimum atomic E-state index is 0.103. The normalized spacial score (nSPS) is 19.2. The molecule has 0 radical (unpaired) electrons. The quantitative estimate of drug-likeness (QED) is 0.938. The van der Waals surface area contributed by atoms with Gasteiger partial charge in [-0.15, -0.1) is 0 Å². The molecule has 0 saturated carbocycles. The molecule has 1 saturated heterocycles. The second kappa shape index (κ2) is 5.90. The summed E-state index contributed by atoms with van der Waals surface area (Å²) in [7, 11) is 1.91. The van der Waals surface area contributed by atoms with E-state index in [-0.39, 0.29) is 5.91 Å². The molecule has 0 bridgehead atoms. The molecule has 0 aliphatic carbocycles. The maximum atomic E-state index is 12.7. The average Bonchev–Trinajstić information content (AvgIpc) is 3.14. The van der Waals surface area contributed by atoms with Crippen molar-refractivity contribution in [2.45, 2.75) is 25.8 Å². The average molecular weight is 285 g/mol. The van der Waals surface area contributed by atoms with E-state index in [4.69, 9.17) is 0 Å². The monoisotopic (exact) mass is 285 g/mol. The van der Waals surface area contributed by atoms with Crippen molar-refractivity contribution in [3.05, 3.63) is 36.0 Å². The molecule has 21 heavy (non-hydrogen) atoms. The lowest BCUT2D eigenvalue weighted by atomic mass is 10.1. The van der Waals surface area contributed by atoms with Gasteiger partial charge in [0.2, 0.25) is 0 Å². The number of aromatic nitrogens is 1. The summed E-state index contributed by atoms with van der Waals surface area (Å²) in [5.74, 6) is 0.103. The van der Waals surface area contributed by atoms with Crippen LogP contribution in [0.2, 0.25) is 0 Å². The Labute approximate surface area is 125 Å². The van der Waals surface area contributed by atoms with E-state index in [0.29, 0.717) is 6.04 Å². The summed E-state index contributed by atoms with van der Waals surface area (Å²) in [6, 6.07) is 8.39. The van der Waals surface area contributed by atoms with E-state index >= 15 is 0 Å². The smallest absolute Gasteiger partial charge is 0.255 e. The minimum Gasteiger partial charge on any atom is -0.361 e. The van der Waals surface area contributed by atoms with Crippen LogP contribution in [0.5, 0.6) is 0 Å². The number of H-pyrrole nitrogens is 1. The van der Waals surface area contributed by atoms with Crippen LogP contribution in [0, 0.1) is 0 Å². The van der Waals surface area contributed by atoms with E-state index in [1.807, 2.05) is 42.4 Å². The number of nitrogens with one attached hydrogen (secondary N) is 1. The third-order valence-electron chi connectivity index (χ3n) is 4.55. The Hall–Kier alpha value is -1.81. The molecule has 1 N–H and O–H groups in total. The number of likely N-dealkylation sites (N-methyl/N-ethyl adjacent to an activating group) is 2. The number of hydrogen-bond acceptors (Lipinski definition) is 2. The first kappa shape index (κ1) is 14.1. The molecular formula is C17H23N3O. The van der Waals surface area contributed by atoms with Gasteiger partial charge in [0.05, 0.1) is 11.1 Å². The highest BCUT2D eigenvalue weighted by molar-refractivity contribution is 6.05. The molecule has 1 aliphatic heterocycles. The van der Waals surface area contributed by atoms with Gasteiger partial charge in [-0.1, -0.05) is 19.1 Å². The number of para-hydroxylation sites is 1. The number of likely N-dealkylation sites (tertiary alicyclic amines) is 1. The van der Waals surface area contributed by atoms with Gasteiger partial charge in [-0.3, -0.25) is 9.69 Å². The molecule has 4 heteroatoms. The Morgan fingerprint density at radius 1 is 1.43 bits per heavy atom. The lowest BCUT2D eigenvalue weighted by Gasteiger charge is -2.28. The van der Waals surface area contributed by atoms with Gasteiger partial charge < -0.3 is 9.88 Å². The van der Waals surface area contributed by atoms with Crippen molar-refractivity contribution in [2.24, 2.45) is 0 Å². The molecule has 2 heterocycles. The molecule has 1 atom stereocenters. The maximum Gasteiger partial charge on any atom is 0.255 e. The number of aromatic amines is 1. The predicted octanol–water partition coefficient (Wildman–Crippen LogP) is 2.72. The van der Waals surface area contributed by atoms with Crippen LogP contribution >= 0.6 is 0 Å². The van der Waals surface area contributed by atoms with Crippen LogP contribution in [0.3, 0.4) is 0 Å². The molecule has 1 aliphatic rings. The molecule has 1 amide bonds. The fourth-order valence-electron chi connectivity index (χ4n) is 3.39. The van der Waals surface area contributed by atoms with Crippen LogP contribution in [0.25, 0.3) is 10.9 Å². The zero-order valence-electron chi connectivity index (χ0n) is 12.8. The second-order valence-corrected chi connectivity index (χ2v) is 5.86. The number of carbonyl (C=O) groups is 1. The third kappa shape index (κ3) is 2.68. The Kier molecular flexibility index (Phi) is 3.97. The third-order valence-corrected chi connectivity index (χ3v) is 4.55. The first-order valence-electron chi connectivity index (χ1n) is 7.76. The fourth-order valence-corrected chi connectivity index (χ4v) is 3.39. The van der Waals surface area contributed by atoms with Gasteiger partial charge in [-0.2, -0.15) is 0 Å². The topological polar surface area (TPSA) is 39.3 Å². The predicted molar refractivity (Wildman–Crippen MR) is 85.5 cm³/mol. The first-order valence-corrected chi connectivity index (χ1v) is 7.76. The van der Waals surface area contributed by atoms with Crippen molar-refractivity contribution in [2.75, 3.05) is 26.7 Å². The largest absolute Gasteiger partial charge is 0.361 e. The molecule has 1 unspecified atom stereocenters. The highest BCUT2D eigenvalue weighted by Crippen LogP contribution is 2.21. The van der Waals surface area contributed by atoms with E-state index in [9.17, 15) is 4.79 Å². The Morgan fingerprint density at radius 2 is 2.29 bits per heavy atom. The summed E-state index contributed by atoms with van der Waals surface area (Å²) in [6.07, 6.45) is 4.32. The first-order chi connectivity index (χ1) is 10.2. The summed E-state index contributed by atoms with van der Waals surface area (Å²) in [6.45, 7) is 5.23. The van der Waals surface area contributed by atoms with Crippen LogP contribution in [-0.4, -0.2) is 53.4 Å². The summed E-state index contributed by atoms with van der Waals surface area (Å²) in [5.41, 5.74) is 1.70. The van der Waals surface area contributed by atoms with E-state index in [1.54, 1.807) is 0 Å². The molecule has 0 spiro atoms. The number of fused-ring (bicyclic) bond motifs is 1. The van der Waals surface area contributed by atoms with Gasteiger partial charge >= 0.3 is 0 Å². The second-order valence-electron chi connectivity index (χ2n) is 5.86. The molecule has 4 nitrogen and oxygen atoms in total. The number of benzene rings is 1. The van der Waals surface area contributed by atoms with Crippen LogP contribution in [0.4, 0.5) is 0 Å². The number of carbonyl (C=O) groups excluding carboxylic acids is 1. The molecule has 2 aromatic rings. The maximum absolute atomic E-state index is 12.7. The van der Waals surface area contributed by atoms with E-state index in [0.717, 1.165) is 36.1 Å². The summed E-state index contributed by atoms with van der Waals surface area (Å²) in [4.78, 5) is 20.2. The zero-order chi connectivity index (χ0) is 14.8. The van der Waals surface area contributed by atoms with Crippen LogP contribution in [0.15, 0.2) is 30.5 Å². The zero-order valence-corrected chi connectivity index (χ0v) is 12.8. The van der Waals surface area contributed by atoms with E-state index in [2.05, 4.69) is 16.8 Å². The number of hydrogen-bond donors (Lipinski definition) is 1. The van der Waals surface area contributed by atoms with Crippen LogP contribution in [0.1, 0.15) is 30.1 Å². The Morgan fingerprint density at radius 3 is 3.10 bits per heavy atom. The minimum absolute atomic E-state index is 0.103. The molecule has 1 fully saturated rings. The van der Waals surface area contributed by atoms with Crippen LogP contribution in [-0.2, 0) is 0 Å². The van der Waals surface area contributed by atoms with Gasteiger partial charge in [0, 0.05) is 31.2 Å². The van der Waals surface area contributed by atoms with Gasteiger partial charge in [-0.25, -0.2) is 0 Å². The molecule has 1 aromatic carbocycles. The van der Waals surface area contributed by atoms with Gasteiger partial charge in [0.15, 0.2) is 0 Å². The van der Waals surface area contributed by atoms with Crippen molar-refractivity contribution < 1.29 is 4.79 Å². The number of amides is 1. The molecule has 3 rings (SSSR count). The van der Waals surface area contributed by atoms with Crippen molar-refractivity contribution in [3.8, 4) is 0 Å². The van der Waals surface area contributed by atoms with Crippen molar-refractivity contribution in [1.82, 2.24) is 14.8 Å². The number of rotatable bonds is 4. The molecular weight excluding hydrogens is 262 g/mol. The van der Waals surface area contributed by atoms with Crippen LogP contribution < -0.4 is 0 Å². The lowest BCUT2D eigenvalue weighted by molar-refractivity contribution is 0.0756. The SMILES string of the molecule is CCN1CCCC1CN(C)C(=O)c1cccc2cc[nH]c12. The fraction of sp³-hybridized carbons (Fsp3) is 0.471. The molecule has 112 valence electrons.